The maximum absolute atomic E-state index is 5.60. The van der Waals surface area contributed by atoms with Crippen molar-refractivity contribution in [2.75, 3.05) is 46.5 Å². The van der Waals surface area contributed by atoms with Gasteiger partial charge in [-0.1, -0.05) is 18.2 Å². The van der Waals surface area contributed by atoms with Crippen molar-refractivity contribution in [2.24, 2.45) is 10.9 Å². The Morgan fingerprint density at radius 2 is 2.07 bits per heavy atom. The van der Waals surface area contributed by atoms with Crippen LogP contribution in [0.5, 0.6) is 0 Å². The summed E-state index contributed by atoms with van der Waals surface area (Å²) >= 11 is 1.95. The smallest absolute Gasteiger partial charge is 0.193 e. The molecule has 0 spiro atoms. The quantitative estimate of drug-likeness (QED) is 0.260. The lowest BCUT2D eigenvalue weighted by Gasteiger charge is -2.27. The van der Waals surface area contributed by atoms with Crippen molar-refractivity contribution in [3.05, 3.63) is 54.5 Å². The van der Waals surface area contributed by atoms with Crippen LogP contribution in [0.25, 0.3) is 0 Å². The van der Waals surface area contributed by atoms with E-state index in [2.05, 4.69) is 64.5 Å². The number of nitrogens with one attached hydrogen (secondary N) is 1. The molecule has 1 aromatic carbocycles. The molecule has 7 heteroatoms. The molecule has 0 saturated carbocycles. The van der Waals surface area contributed by atoms with Crippen molar-refractivity contribution in [2.45, 2.75) is 17.4 Å². The minimum atomic E-state index is 0. The summed E-state index contributed by atoms with van der Waals surface area (Å²) in [5.74, 6) is 3.81. The summed E-state index contributed by atoms with van der Waals surface area (Å²) in [5.41, 5.74) is 0. The maximum atomic E-state index is 5.60. The molecule has 1 fully saturated rings. The zero-order valence-corrected chi connectivity index (χ0v) is 20.0. The zero-order chi connectivity index (χ0) is 19.1. The van der Waals surface area contributed by atoms with Gasteiger partial charge in [0.25, 0.3) is 0 Å². The number of hydrogen-bond acceptors (Lipinski definition) is 4. The van der Waals surface area contributed by atoms with Gasteiger partial charge in [0.15, 0.2) is 5.96 Å². The minimum absolute atomic E-state index is 0. The minimum Gasteiger partial charge on any atom is -0.468 e. The van der Waals surface area contributed by atoms with Crippen LogP contribution in [0.1, 0.15) is 18.2 Å². The lowest BCUT2D eigenvalue weighted by Crippen LogP contribution is -2.43. The Balaban J connectivity index is 0.00000280. The zero-order valence-electron chi connectivity index (χ0n) is 16.9. The number of likely N-dealkylation sites (N-methyl/N-ethyl adjacent to an activating group) is 1. The van der Waals surface area contributed by atoms with Crippen molar-refractivity contribution in [1.82, 2.24) is 15.1 Å². The average molecular weight is 514 g/mol. The molecule has 2 atom stereocenters. The number of hydrogen-bond donors (Lipinski definition) is 1. The van der Waals surface area contributed by atoms with Crippen molar-refractivity contribution in [3.8, 4) is 0 Å². The number of halogens is 1. The van der Waals surface area contributed by atoms with Gasteiger partial charge in [-0.2, -0.15) is 0 Å². The van der Waals surface area contributed by atoms with Gasteiger partial charge in [-0.3, -0.25) is 9.89 Å². The molecule has 1 aliphatic rings. The molecule has 5 nitrogen and oxygen atoms in total. The van der Waals surface area contributed by atoms with Gasteiger partial charge in [-0.05, 0) is 50.7 Å². The number of guanidine groups is 1. The Hall–Kier alpha value is -1.19. The van der Waals surface area contributed by atoms with Gasteiger partial charge in [-0.15, -0.1) is 35.7 Å². The molecule has 3 rings (SSSR count). The van der Waals surface area contributed by atoms with E-state index in [1.54, 1.807) is 6.26 Å². The van der Waals surface area contributed by atoms with Crippen LogP contribution in [0.2, 0.25) is 0 Å². The summed E-state index contributed by atoms with van der Waals surface area (Å²) < 4.78 is 5.60. The van der Waals surface area contributed by atoms with Gasteiger partial charge in [0.1, 0.15) is 5.76 Å². The Bertz CT molecular complexity index is 708. The van der Waals surface area contributed by atoms with E-state index in [9.17, 15) is 0 Å². The van der Waals surface area contributed by atoms with Gasteiger partial charge >= 0.3 is 0 Å². The number of rotatable bonds is 7. The molecule has 0 radical (unpaired) electrons. The molecular weight excluding hydrogens is 483 g/mol. The first-order chi connectivity index (χ1) is 13.2. The van der Waals surface area contributed by atoms with Crippen LogP contribution in [-0.2, 0) is 0 Å². The van der Waals surface area contributed by atoms with E-state index in [-0.39, 0.29) is 30.0 Å². The van der Waals surface area contributed by atoms with E-state index in [0.717, 1.165) is 37.1 Å². The molecular formula is C21H31IN4OS. The van der Waals surface area contributed by atoms with Crippen LogP contribution in [0.3, 0.4) is 0 Å². The number of benzene rings is 1. The number of furan rings is 1. The van der Waals surface area contributed by atoms with Gasteiger partial charge in [-0.25, -0.2) is 0 Å². The van der Waals surface area contributed by atoms with Gasteiger partial charge < -0.3 is 14.6 Å². The summed E-state index contributed by atoms with van der Waals surface area (Å²) in [6.07, 6.45) is 2.95. The normalized spacial score (nSPS) is 18.2. The molecule has 0 bridgehead atoms. The fraction of sp³-hybridized carbons (Fsp3) is 0.476. The molecule has 2 heterocycles. The largest absolute Gasteiger partial charge is 0.468 e. The van der Waals surface area contributed by atoms with Crippen molar-refractivity contribution in [3.63, 3.8) is 0 Å². The molecule has 2 aromatic rings. The van der Waals surface area contributed by atoms with Gasteiger partial charge in [0.05, 0.1) is 12.3 Å². The number of nitrogens with zero attached hydrogens (tertiary/aromatic N) is 3. The molecule has 0 amide bonds. The molecule has 1 aliphatic heterocycles. The van der Waals surface area contributed by atoms with E-state index in [1.165, 1.54) is 11.3 Å². The highest BCUT2D eigenvalue weighted by molar-refractivity contribution is 14.0. The van der Waals surface area contributed by atoms with Crippen molar-refractivity contribution in [1.29, 1.82) is 0 Å². The third-order valence-corrected chi connectivity index (χ3v) is 6.22. The number of likely N-dealkylation sites (tertiary alicyclic amines) is 1. The Morgan fingerprint density at radius 3 is 2.71 bits per heavy atom. The monoisotopic (exact) mass is 514 g/mol. The van der Waals surface area contributed by atoms with Crippen molar-refractivity contribution < 1.29 is 4.42 Å². The number of aliphatic imine (C=N–C) groups is 1. The molecule has 1 aromatic heterocycles. The first-order valence-electron chi connectivity index (χ1n) is 9.50. The van der Waals surface area contributed by atoms with E-state index < -0.39 is 0 Å². The first kappa shape index (κ1) is 23.1. The summed E-state index contributed by atoms with van der Waals surface area (Å²) in [6, 6.07) is 14.8. The fourth-order valence-corrected chi connectivity index (χ4v) is 4.48. The van der Waals surface area contributed by atoms with Crippen LogP contribution in [0.15, 0.2) is 63.0 Å². The Kier molecular flexibility index (Phi) is 9.67. The fourth-order valence-electron chi connectivity index (χ4n) is 3.43. The highest BCUT2D eigenvalue weighted by Crippen LogP contribution is 2.26. The lowest BCUT2D eigenvalue weighted by molar-refractivity contribution is 0.256. The van der Waals surface area contributed by atoms with Gasteiger partial charge in [0, 0.05) is 37.3 Å². The van der Waals surface area contributed by atoms with Gasteiger partial charge in [0.2, 0.25) is 0 Å². The standard InChI is InChI=1S/C21H30N4OS.HI/c1-22-21(23-14-19(24(2)3)20-10-7-13-26-20)25-12-11-17(15-25)16-27-18-8-5-4-6-9-18;/h4-10,13,17,19H,11-12,14-16H2,1-3H3,(H,22,23);1H. The molecule has 28 heavy (non-hydrogen) atoms. The number of thioether (sulfide) groups is 1. The van der Waals surface area contributed by atoms with Crippen molar-refractivity contribution >= 4 is 41.7 Å². The summed E-state index contributed by atoms with van der Waals surface area (Å²) in [5, 5.41) is 3.54. The van der Waals surface area contributed by atoms with E-state index in [4.69, 9.17) is 4.42 Å². The van der Waals surface area contributed by atoms with Crippen LogP contribution < -0.4 is 5.32 Å². The van der Waals surface area contributed by atoms with E-state index >= 15 is 0 Å². The predicted octanol–water partition coefficient (Wildman–Crippen LogP) is 4.19. The van der Waals surface area contributed by atoms with Crippen LogP contribution in [0, 0.1) is 5.92 Å². The Labute approximate surface area is 190 Å². The average Bonchev–Trinajstić information content (AvgIpc) is 3.36. The Morgan fingerprint density at radius 1 is 1.29 bits per heavy atom. The van der Waals surface area contributed by atoms with Crippen LogP contribution >= 0.6 is 35.7 Å². The lowest BCUT2D eigenvalue weighted by atomic mass is 10.2. The SMILES string of the molecule is CN=C(NCC(c1ccco1)N(C)C)N1CCC(CSc2ccccc2)C1.I. The maximum Gasteiger partial charge on any atom is 0.193 e. The summed E-state index contributed by atoms with van der Waals surface area (Å²) in [4.78, 5) is 10.4. The van der Waals surface area contributed by atoms with Crippen LogP contribution in [0.4, 0.5) is 0 Å². The topological polar surface area (TPSA) is 44.0 Å². The van der Waals surface area contributed by atoms with E-state index in [0.29, 0.717) is 5.92 Å². The second-order valence-electron chi connectivity index (χ2n) is 7.15. The molecule has 1 saturated heterocycles. The molecule has 154 valence electrons. The second-order valence-corrected chi connectivity index (χ2v) is 8.24. The third-order valence-electron chi connectivity index (χ3n) is 4.97. The molecule has 0 aliphatic carbocycles. The highest BCUT2D eigenvalue weighted by atomic mass is 127. The van der Waals surface area contributed by atoms with E-state index in [1.807, 2.05) is 30.9 Å². The molecule has 1 N–H and O–H groups in total. The second kappa shape index (κ2) is 11.7. The summed E-state index contributed by atoms with van der Waals surface area (Å²) in [7, 11) is 6.01. The highest BCUT2D eigenvalue weighted by Gasteiger charge is 2.26. The summed E-state index contributed by atoms with van der Waals surface area (Å²) in [6.45, 7) is 2.90. The predicted molar refractivity (Wildman–Crippen MR) is 129 cm³/mol. The third kappa shape index (κ3) is 6.42. The molecule has 2 unspecified atom stereocenters. The van der Waals surface area contributed by atoms with Crippen LogP contribution in [-0.4, -0.2) is 62.3 Å². The first-order valence-corrected chi connectivity index (χ1v) is 10.5.